The molecular weight excluding hydrogens is 276 g/mol. The fourth-order valence-corrected chi connectivity index (χ4v) is 2.26. The number of rotatable bonds is 4. The number of hydrogen-bond donors (Lipinski definition) is 1. The van der Waals surface area contributed by atoms with E-state index in [0.29, 0.717) is 29.6 Å². The molecule has 0 amide bonds. The third-order valence-corrected chi connectivity index (χ3v) is 3.35. The molecule has 0 saturated carbocycles. The Bertz CT molecular complexity index is 740. The lowest BCUT2D eigenvalue weighted by Crippen LogP contribution is -1.96. The molecule has 1 aromatic heterocycles. The van der Waals surface area contributed by atoms with Crippen LogP contribution < -0.4 is 10.5 Å². The van der Waals surface area contributed by atoms with E-state index in [2.05, 4.69) is 5.16 Å². The molecule has 3 rings (SSSR count). The molecule has 4 nitrogen and oxygen atoms in total. The molecule has 0 aliphatic heterocycles. The Morgan fingerprint density at radius 3 is 2.70 bits per heavy atom. The lowest BCUT2D eigenvalue weighted by Gasteiger charge is -2.08. The molecule has 0 saturated heterocycles. The Morgan fingerprint density at radius 2 is 1.95 bits per heavy atom. The molecule has 0 fully saturated rings. The van der Waals surface area contributed by atoms with Gasteiger partial charge in [0.2, 0.25) is 0 Å². The minimum absolute atomic E-state index is 0.304. The molecule has 0 unspecified atom stereocenters. The number of benzene rings is 2. The van der Waals surface area contributed by atoms with E-state index < -0.39 is 0 Å². The zero-order valence-electron chi connectivity index (χ0n) is 10.7. The van der Waals surface area contributed by atoms with Gasteiger partial charge in [-0.15, -0.1) is 0 Å². The van der Waals surface area contributed by atoms with Gasteiger partial charge in [0.15, 0.2) is 5.76 Å². The van der Waals surface area contributed by atoms with Gasteiger partial charge in [0.05, 0.1) is 5.69 Å². The summed E-state index contributed by atoms with van der Waals surface area (Å²) in [4.78, 5) is 0. The van der Waals surface area contributed by atoms with Crippen molar-refractivity contribution in [2.45, 2.75) is 13.2 Å². The fourth-order valence-electron chi connectivity index (χ4n) is 2.03. The molecular formula is C15H13ClN2O2. The highest BCUT2D eigenvalue weighted by Crippen LogP contribution is 2.31. The van der Waals surface area contributed by atoms with Crippen LogP contribution in [0, 0.1) is 0 Å². The van der Waals surface area contributed by atoms with Crippen LogP contribution in [0.2, 0.25) is 5.02 Å². The Morgan fingerprint density at radius 1 is 1.15 bits per heavy atom. The monoisotopic (exact) mass is 288 g/mol. The fraction of sp³-hybridized carbons (Fsp3) is 0.133. The zero-order valence-corrected chi connectivity index (χ0v) is 11.4. The Labute approximate surface area is 121 Å². The standard InChI is InChI=1S/C15H13ClN2O2/c16-14-5-6-15(13-4-2-1-3-12(13)14)19-9-11-7-10(8-17)18-20-11/h1-7H,8-9,17H2. The molecule has 0 spiro atoms. The van der Waals surface area contributed by atoms with E-state index in [4.69, 9.17) is 26.6 Å². The van der Waals surface area contributed by atoms with Crippen LogP contribution in [0.1, 0.15) is 11.5 Å². The molecule has 2 aromatic carbocycles. The molecule has 0 bridgehead atoms. The Balaban J connectivity index is 1.86. The van der Waals surface area contributed by atoms with E-state index in [0.717, 1.165) is 16.5 Å². The summed E-state index contributed by atoms with van der Waals surface area (Å²) in [5, 5.41) is 6.46. The minimum atomic E-state index is 0.304. The van der Waals surface area contributed by atoms with Crippen molar-refractivity contribution < 1.29 is 9.26 Å². The third kappa shape index (κ3) is 2.48. The van der Waals surface area contributed by atoms with Crippen molar-refractivity contribution in [1.82, 2.24) is 5.16 Å². The second-order valence-corrected chi connectivity index (χ2v) is 4.78. The van der Waals surface area contributed by atoms with E-state index in [1.807, 2.05) is 36.4 Å². The zero-order chi connectivity index (χ0) is 13.9. The van der Waals surface area contributed by atoms with Gasteiger partial charge < -0.3 is 15.0 Å². The number of ether oxygens (including phenoxy) is 1. The van der Waals surface area contributed by atoms with Gasteiger partial charge in [0.1, 0.15) is 12.4 Å². The molecule has 0 radical (unpaired) electrons. The van der Waals surface area contributed by atoms with Gasteiger partial charge in [-0.05, 0) is 12.1 Å². The molecule has 102 valence electrons. The van der Waals surface area contributed by atoms with Crippen molar-refractivity contribution in [2.24, 2.45) is 5.73 Å². The van der Waals surface area contributed by atoms with E-state index in [1.54, 1.807) is 6.07 Å². The van der Waals surface area contributed by atoms with Crippen LogP contribution in [0.3, 0.4) is 0 Å². The number of fused-ring (bicyclic) bond motifs is 1. The second-order valence-electron chi connectivity index (χ2n) is 4.37. The number of nitrogens with two attached hydrogens (primary N) is 1. The van der Waals surface area contributed by atoms with Gasteiger partial charge >= 0.3 is 0 Å². The number of hydrogen-bond acceptors (Lipinski definition) is 4. The summed E-state index contributed by atoms with van der Waals surface area (Å²) in [5.41, 5.74) is 6.20. The van der Waals surface area contributed by atoms with Crippen molar-refractivity contribution in [2.75, 3.05) is 0 Å². The molecule has 2 N–H and O–H groups in total. The van der Waals surface area contributed by atoms with Gasteiger partial charge in [-0.3, -0.25) is 0 Å². The van der Waals surface area contributed by atoms with Crippen LogP contribution in [-0.2, 0) is 13.2 Å². The molecule has 0 aliphatic carbocycles. The van der Waals surface area contributed by atoms with Crippen LogP contribution in [0.15, 0.2) is 47.0 Å². The third-order valence-electron chi connectivity index (χ3n) is 3.02. The first kappa shape index (κ1) is 13.0. The SMILES string of the molecule is NCc1cc(COc2ccc(Cl)c3ccccc23)on1. The molecule has 1 heterocycles. The molecule has 0 atom stereocenters. The predicted molar refractivity (Wildman–Crippen MR) is 77.7 cm³/mol. The summed E-state index contributed by atoms with van der Waals surface area (Å²) in [5.74, 6) is 1.40. The van der Waals surface area contributed by atoms with Crippen molar-refractivity contribution in [3.8, 4) is 5.75 Å². The highest BCUT2D eigenvalue weighted by atomic mass is 35.5. The summed E-state index contributed by atoms with van der Waals surface area (Å²) in [6.07, 6.45) is 0. The van der Waals surface area contributed by atoms with Gasteiger partial charge in [-0.1, -0.05) is 41.0 Å². The number of halogens is 1. The van der Waals surface area contributed by atoms with E-state index in [9.17, 15) is 0 Å². The number of aromatic nitrogens is 1. The smallest absolute Gasteiger partial charge is 0.174 e. The first-order valence-corrected chi connectivity index (χ1v) is 6.60. The summed E-state index contributed by atoms with van der Waals surface area (Å²) in [6, 6.07) is 13.3. The lowest BCUT2D eigenvalue weighted by molar-refractivity contribution is 0.251. The van der Waals surface area contributed by atoms with Gasteiger partial charge in [0.25, 0.3) is 0 Å². The summed E-state index contributed by atoms with van der Waals surface area (Å²) in [6.45, 7) is 0.659. The Kier molecular flexibility index (Phi) is 3.58. The minimum Gasteiger partial charge on any atom is -0.485 e. The second kappa shape index (κ2) is 5.53. The van der Waals surface area contributed by atoms with Crippen LogP contribution in [0.5, 0.6) is 5.75 Å². The topological polar surface area (TPSA) is 61.3 Å². The van der Waals surface area contributed by atoms with Crippen molar-refractivity contribution in [3.05, 3.63) is 58.9 Å². The molecule has 5 heteroatoms. The molecule has 3 aromatic rings. The predicted octanol–water partition coefficient (Wildman–Crippen LogP) is 3.52. The highest BCUT2D eigenvalue weighted by Gasteiger charge is 2.08. The van der Waals surface area contributed by atoms with Crippen molar-refractivity contribution in [1.29, 1.82) is 0 Å². The van der Waals surface area contributed by atoms with Crippen LogP contribution in [-0.4, -0.2) is 5.16 Å². The van der Waals surface area contributed by atoms with E-state index in [1.165, 1.54) is 0 Å². The van der Waals surface area contributed by atoms with Crippen LogP contribution in [0.25, 0.3) is 10.8 Å². The van der Waals surface area contributed by atoms with E-state index >= 15 is 0 Å². The van der Waals surface area contributed by atoms with Crippen molar-refractivity contribution in [3.63, 3.8) is 0 Å². The van der Waals surface area contributed by atoms with Gasteiger partial charge in [0, 0.05) is 28.4 Å². The highest BCUT2D eigenvalue weighted by molar-refractivity contribution is 6.35. The molecule has 20 heavy (non-hydrogen) atoms. The quantitative estimate of drug-likeness (QED) is 0.798. The maximum Gasteiger partial charge on any atom is 0.174 e. The first-order valence-electron chi connectivity index (χ1n) is 6.22. The summed E-state index contributed by atoms with van der Waals surface area (Å²) in [7, 11) is 0. The first-order chi connectivity index (χ1) is 9.78. The summed E-state index contributed by atoms with van der Waals surface area (Å²) >= 11 is 6.17. The maximum absolute atomic E-state index is 6.17. The lowest BCUT2D eigenvalue weighted by atomic mass is 10.1. The number of nitrogens with zero attached hydrogens (tertiary/aromatic N) is 1. The van der Waals surface area contributed by atoms with E-state index in [-0.39, 0.29) is 0 Å². The largest absolute Gasteiger partial charge is 0.485 e. The van der Waals surface area contributed by atoms with Crippen molar-refractivity contribution >= 4 is 22.4 Å². The maximum atomic E-state index is 6.17. The average molecular weight is 289 g/mol. The van der Waals surface area contributed by atoms with Gasteiger partial charge in [-0.25, -0.2) is 0 Å². The summed E-state index contributed by atoms with van der Waals surface area (Å²) < 4.78 is 10.9. The van der Waals surface area contributed by atoms with Gasteiger partial charge in [-0.2, -0.15) is 0 Å². The normalized spacial score (nSPS) is 10.9. The molecule has 0 aliphatic rings. The van der Waals surface area contributed by atoms with Crippen LogP contribution >= 0.6 is 11.6 Å². The Hall–Kier alpha value is -2.04. The average Bonchev–Trinajstić information content (AvgIpc) is 2.95. The van der Waals surface area contributed by atoms with Crippen LogP contribution in [0.4, 0.5) is 0 Å².